The molecule has 0 amide bonds. The zero-order valence-electron chi connectivity index (χ0n) is 7.59. The SMILES string of the molecule is CNCc1nc(Br)c2cc(Cl)ccn12. The second-order valence-electron chi connectivity index (χ2n) is 2.95. The highest BCUT2D eigenvalue weighted by Crippen LogP contribution is 2.21. The molecule has 0 saturated carbocycles. The fourth-order valence-corrected chi connectivity index (χ4v) is 2.04. The van der Waals surface area contributed by atoms with E-state index in [0.717, 1.165) is 22.5 Å². The predicted molar refractivity (Wildman–Crippen MR) is 60.7 cm³/mol. The highest BCUT2D eigenvalue weighted by molar-refractivity contribution is 9.10. The summed E-state index contributed by atoms with van der Waals surface area (Å²) in [4.78, 5) is 4.38. The van der Waals surface area contributed by atoms with Crippen molar-refractivity contribution in [2.75, 3.05) is 7.05 Å². The van der Waals surface area contributed by atoms with Crippen LogP contribution in [0.5, 0.6) is 0 Å². The number of imidazole rings is 1. The van der Waals surface area contributed by atoms with Crippen LogP contribution in [-0.2, 0) is 6.54 Å². The molecule has 14 heavy (non-hydrogen) atoms. The summed E-state index contributed by atoms with van der Waals surface area (Å²) in [6.07, 6.45) is 1.92. The molecular formula is C9H9BrClN3. The lowest BCUT2D eigenvalue weighted by atomic mass is 10.4. The van der Waals surface area contributed by atoms with Crippen molar-refractivity contribution in [1.29, 1.82) is 0 Å². The van der Waals surface area contributed by atoms with Crippen LogP contribution in [0.3, 0.4) is 0 Å². The Bertz CT molecular complexity index is 466. The lowest BCUT2D eigenvalue weighted by Gasteiger charge is -1.99. The fraction of sp³-hybridized carbons (Fsp3) is 0.222. The molecule has 0 aliphatic heterocycles. The van der Waals surface area contributed by atoms with E-state index in [1.807, 2.05) is 29.8 Å². The minimum atomic E-state index is 0.717. The van der Waals surface area contributed by atoms with Gasteiger partial charge in [0.1, 0.15) is 10.4 Å². The van der Waals surface area contributed by atoms with Gasteiger partial charge in [0.05, 0.1) is 12.1 Å². The van der Waals surface area contributed by atoms with Gasteiger partial charge in [0.25, 0.3) is 0 Å². The molecule has 0 bridgehead atoms. The number of aromatic nitrogens is 2. The Hall–Kier alpha value is -0.580. The quantitative estimate of drug-likeness (QED) is 0.911. The van der Waals surface area contributed by atoms with E-state index < -0.39 is 0 Å². The minimum absolute atomic E-state index is 0.717. The number of nitrogens with zero attached hydrogens (tertiary/aromatic N) is 2. The Morgan fingerprint density at radius 3 is 3.14 bits per heavy atom. The minimum Gasteiger partial charge on any atom is -0.313 e. The maximum absolute atomic E-state index is 5.90. The molecule has 3 nitrogen and oxygen atoms in total. The third-order valence-corrected chi connectivity index (χ3v) is 2.79. The predicted octanol–water partition coefficient (Wildman–Crippen LogP) is 2.47. The molecule has 0 aliphatic rings. The van der Waals surface area contributed by atoms with Gasteiger partial charge in [-0.05, 0) is 35.1 Å². The van der Waals surface area contributed by atoms with Crippen LogP contribution in [0.25, 0.3) is 5.52 Å². The van der Waals surface area contributed by atoms with Gasteiger partial charge in [-0.25, -0.2) is 4.98 Å². The Morgan fingerprint density at radius 2 is 2.43 bits per heavy atom. The maximum atomic E-state index is 5.90. The van der Waals surface area contributed by atoms with Gasteiger partial charge >= 0.3 is 0 Å². The molecule has 2 aromatic heterocycles. The second kappa shape index (κ2) is 3.88. The van der Waals surface area contributed by atoms with Crippen molar-refractivity contribution in [2.24, 2.45) is 0 Å². The maximum Gasteiger partial charge on any atom is 0.132 e. The van der Waals surface area contributed by atoms with Gasteiger partial charge in [-0.3, -0.25) is 0 Å². The average Bonchev–Trinajstić information content (AvgIpc) is 2.44. The van der Waals surface area contributed by atoms with Crippen LogP contribution in [0.2, 0.25) is 5.02 Å². The zero-order chi connectivity index (χ0) is 10.1. The van der Waals surface area contributed by atoms with Gasteiger partial charge < -0.3 is 9.72 Å². The zero-order valence-corrected chi connectivity index (χ0v) is 9.93. The largest absolute Gasteiger partial charge is 0.313 e. The van der Waals surface area contributed by atoms with Gasteiger partial charge in [0.2, 0.25) is 0 Å². The first kappa shape index (κ1) is 9.96. The number of hydrogen-bond acceptors (Lipinski definition) is 2. The van der Waals surface area contributed by atoms with Crippen molar-refractivity contribution in [3.05, 3.63) is 33.8 Å². The number of fused-ring (bicyclic) bond motifs is 1. The Morgan fingerprint density at radius 1 is 1.64 bits per heavy atom. The van der Waals surface area contributed by atoms with Crippen LogP contribution in [-0.4, -0.2) is 16.4 Å². The summed E-state index contributed by atoms with van der Waals surface area (Å²) in [6, 6.07) is 3.74. The van der Waals surface area contributed by atoms with E-state index in [1.54, 1.807) is 0 Å². The molecule has 5 heteroatoms. The van der Waals surface area contributed by atoms with Crippen molar-refractivity contribution >= 4 is 33.0 Å². The van der Waals surface area contributed by atoms with Gasteiger partial charge in [0.15, 0.2) is 0 Å². The van der Waals surface area contributed by atoms with Crippen LogP contribution < -0.4 is 5.32 Å². The van der Waals surface area contributed by atoms with Crippen molar-refractivity contribution in [3.63, 3.8) is 0 Å². The van der Waals surface area contributed by atoms with E-state index in [-0.39, 0.29) is 0 Å². The van der Waals surface area contributed by atoms with Crippen LogP contribution in [0.15, 0.2) is 22.9 Å². The van der Waals surface area contributed by atoms with Gasteiger partial charge in [-0.15, -0.1) is 0 Å². The first-order chi connectivity index (χ1) is 6.72. The van der Waals surface area contributed by atoms with E-state index in [1.165, 1.54) is 0 Å². The number of halogens is 2. The lowest BCUT2D eigenvalue weighted by Crippen LogP contribution is -2.08. The fourth-order valence-electron chi connectivity index (χ4n) is 1.37. The van der Waals surface area contributed by atoms with Crippen molar-refractivity contribution < 1.29 is 0 Å². The molecule has 2 heterocycles. The topological polar surface area (TPSA) is 29.3 Å². The van der Waals surface area contributed by atoms with E-state index in [2.05, 4.69) is 26.2 Å². The van der Waals surface area contributed by atoms with Gasteiger partial charge in [0, 0.05) is 11.2 Å². The summed E-state index contributed by atoms with van der Waals surface area (Å²) < 4.78 is 2.83. The third-order valence-electron chi connectivity index (χ3n) is 1.97. The molecule has 2 aromatic rings. The Kier molecular flexibility index (Phi) is 2.76. The summed E-state index contributed by atoms with van der Waals surface area (Å²) in [7, 11) is 1.89. The Balaban J connectivity index is 2.65. The van der Waals surface area contributed by atoms with Crippen LogP contribution in [0, 0.1) is 0 Å². The molecule has 2 rings (SSSR count). The smallest absolute Gasteiger partial charge is 0.132 e. The molecule has 0 saturated heterocycles. The van der Waals surface area contributed by atoms with E-state index >= 15 is 0 Å². The normalized spacial score (nSPS) is 11.1. The number of rotatable bonds is 2. The molecule has 0 fully saturated rings. The first-order valence-electron chi connectivity index (χ1n) is 4.19. The number of hydrogen-bond donors (Lipinski definition) is 1. The highest BCUT2D eigenvalue weighted by Gasteiger charge is 2.07. The summed E-state index contributed by atoms with van der Waals surface area (Å²) in [6.45, 7) is 0.731. The molecule has 0 spiro atoms. The van der Waals surface area contributed by atoms with Crippen LogP contribution >= 0.6 is 27.5 Å². The molecule has 0 aliphatic carbocycles. The van der Waals surface area contributed by atoms with E-state index in [0.29, 0.717) is 5.02 Å². The molecular weight excluding hydrogens is 265 g/mol. The van der Waals surface area contributed by atoms with Crippen molar-refractivity contribution in [1.82, 2.24) is 14.7 Å². The standard InChI is InChI=1S/C9H9BrClN3/c1-12-5-8-13-9(10)7-4-6(11)2-3-14(7)8/h2-4,12H,5H2,1H3. The van der Waals surface area contributed by atoms with Gasteiger partial charge in [-0.1, -0.05) is 11.6 Å². The number of pyridine rings is 1. The summed E-state index contributed by atoms with van der Waals surface area (Å²) in [5.41, 5.74) is 0.989. The molecule has 0 radical (unpaired) electrons. The third kappa shape index (κ3) is 1.65. The van der Waals surface area contributed by atoms with E-state index in [9.17, 15) is 0 Å². The molecule has 0 aromatic carbocycles. The summed E-state index contributed by atoms with van der Waals surface area (Å²) >= 11 is 9.30. The summed E-state index contributed by atoms with van der Waals surface area (Å²) in [5, 5.41) is 3.78. The highest BCUT2D eigenvalue weighted by atomic mass is 79.9. The molecule has 0 unspecified atom stereocenters. The average molecular weight is 275 g/mol. The second-order valence-corrected chi connectivity index (χ2v) is 4.14. The van der Waals surface area contributed by atoms with E-state index in [4.69, 9.17) is 11.6 Å². The Labute approximate surface area is 95.2 Å². The number of nitrogens with one attached hydrogen (secondary N) is 1. The van der Waals surface area contributed by atoms with Crippen molar-refractivity contribution in [3.8, 4) is 0 Å². The summed E-state index contributed by atoms with van der Waals surface area (Å²) in [5.74, 6) is 0.964. The molecule has 74 valence electrons. The van der Waals surface area contributed by atoms with Crippen LogP contribution in [0.1, 0.15) is 5.82 Å². The molecule has 0 atom stereocenters. The van der Waals surface area contributed by atoms with Crippen LogP contribution in [0.4, 0.5) is 0 Å². The molecule has 1 N–H and O–H groups in total. The van der Waals surface area contributed by atoms with Crippen molar-refractivity contribution in [2.45, 2.75) is 6.54 Å². The van der Waals surface area contributed by atoms with Gasteiger partial charge in [-0.2, -0.15) is 0 Å². The first-order valence-corrected chi connectivity index (χ1v) is 5.36. The lowest BCUT2D eigenvalue weighted by molar-refractivity contribution is 0.754. The monoisotopic (exact) mass is 273 g/mol.